The second kappa shape index (κ2) is 4.77. The Labute approximate surface area is 112 Å². The quantitative estimate of drug-likeness (QED) is 0.663. The van der Waals surface area contributed by atoms with E-state index in [2.05, 4.69) is 10.3 Å². The molecule has 0 aromatic carbocycles. The molecule has 3 heterocycles. The third-order valence-electron chi connectivity index (χ3n) is 4.29. The molecule has 2 bridgehead atoms. The molecule has 19 heavy (non-hydrogen) atoms. The van der Waals surface area contributed by atoms with E-state index in [1.54, 1.807) is 12.3 Å². The summed E-state index contributed by atoms with van der Waals surface area (Å²) in [6, 6.07) is 4.60. The average Bonchev–Trinajstić information content (AvgIpc) is 2.76. The fourth-order valence-corrected chi connectivity index (χ4v) is 3.32. The molecule has 1 aromatic heterocycles. The molecule has 2 fully saturated rings. The molecule has 0 spiro atoms. The van der Waals surface area contributed by atoms with Gasteiger partial charge in [0.1, 0.15) is 0 Å². The van der Waals surface area contributed by atoms with E-state index in [0.29, 0.717) is 23.9 Å². The first-order chi connectivity index (χ1) is 9.15. The van der Waals surface area contributed by atoms with Crippen molar-refractivity contribution >= 4 is 11.5 Å². The minimum absolute atomic E-state index is 0.0934. The normalized spacial score (nSPS) is 29.2. The number of nitro groups is 1. The van der Waals surface area contributed by atoms with Gasteiger partial charge in [0.05, 0.1) is 4.92 Å². The molecule has 0 saturated carbocycles. The first-order valence-electron chi connectivity index (χ1n) is 6.73. The molecule has 2 aliphatic rings. The van der Waals surface area contributed by atoms with Gasteiger partial charge in [0.15, 0.2) is 0 Å². The highest BCUT2D eigenvalue weighted by molar-refractivity contribution is 5.57. The number of piperidine rings is 1. The maximum Gasteiger partial charge on any atom is 0.311 e. The van der Waals surface area contributed by atoms with Crippen molar-refractivity contribution in [3.63, 3.8) is 0 Å². The summed E-state index contributed by atoms with van der Waals surface area (Å²) in [6.45, 7) is 0. The van der Waals surface area contributed by atoms with Crippen molar-refractivity contribution in [3.05, 3.63) is 28.4 Å². The zero-order valence-electron chi connectivity index (χ0n) is 11.0. The Morgan fingerprint density at radius 3 is 2.74 bits per heavy atom. The van der Waals surface area contributed by atoms with E-state index in [9.17, 15) is 10.1 Å². The average molecular weight is 262 g/mol. The van der Waals surface area contributed by atoms with Crippen LogP contribution in [0.2, 0.25) is 0 Å². The van der Waals surface area contributed by atoms with Crippen molar-refractivity contribution in [3.8, 4) is 0 Å². The second-order valence-electron chi connectivity index (χ2n) is 5.48. The van der Waals surface area contributed by atoms with Gasteiger partial charge in [-0.15, -0.1) is 0 Å². The highest BCUT2D eigenvalue weighted by Gasteiger charge is 2.36. The van der Waals surface area contributed by atoms with E-state index in [-0.39, 0.29) is 10.6 Å². The van der Waals surface area contributed by atoms with E-state index in [4.69, 9.17) is 0 Å². The minimum atomic E-state index is -0.353. The van der Waals surface area contributed by atoms with Crippen molar-refractivity contribution in [2.24, 2.45) is 0 Å². The van der Waals surface area contributed by atoms with E-state index in [0.717, 1.165) is 12.8 Å². The van der Waals surface area contributed by atoms with Crippen LogP contribution in [-0.4, -0.2) is 35.1 Å². The van der Waals surface area contributed by atoms with Gasteiger partial charge in [-0.1, -0.05) is 0 Å². The van der Waals surface area contributed by atoms with E-state index in [1.165, 1.54) is 18.9 Å². The van der Waals surface area contributed by atoms with Gasteiger partial charge >= 0.3 is 5.69 Å². The van der Waals surface area contributed by atoms with Crippen molar-refractivity contribution in [1.82, 2.24) is 10.3 Å². The number of anilines is 1. The van der Waals surface area contributed by atoms with Crippen LogP contribution in [0.15, 0.2) is 18.3 Å². The van der Waals surface area contributed by atoms with Crippen LogP contribution in [0, 0.1) is 10.1 Å². The van der Waals surface area contributed by atoms with Crippen LogP contribution in [0.5, 0.6) is 0 Å². The van der Waals surface area contributed by atoms with Gasteiger partial charge in [0, 0.05) is 37.4 Å². The maximum atomic E-state index is 11.1. The summed E-state index contributed by atoms with van der Waals surface area (Å²) in [6.07, 6.45) is 6.15. The smallest absolute Gasteiger partial charge is 0.311 e. The monoisotopic (exact) mass is 262 g/mol. The topological polar surface area (TPSA) is 71.3 Å². The molecule has 6 heteroatoms. The largest absolute Gasteiger partial charge is 0.351 e. The Bertz CT molecular complexity index is 481. The molecule has 2 saturated heterocycles. The Kier molecular flexibility index (Phi) is 3.10. The number of nitrogens with one attached hydrogen (secondary N) is 1. The third kappa shape index (κ3) is 2.28. The SMILES string of the molecule is CN(c1ncccc1[N+](=O)[O-])C1CC2CCC(C1)N2. The van der Waals surface area contributed by atoms with Crippen LogP contribution < -0.4 is 10.2 Å². The molecule has 6 nitrogen and oxygen atoms in total. The standard InChI is InChI=1S/C13H18N4O2/c1-16(11-7-9-4-5-10(8-11)15-9)13-12(17(18)19)3-2-6-14-13/h2-3,6,9-11,15H,4-5,7-8H2,1H3. The zero-order chi connectivity index (χ0) is 13.4. The van der Waals surface area contributed by atoms with Crippen molar-refractivity contribution in [2.75, 3.05) is 11.9 Å². The number of hydrogen-bond donors (Lipinski definition) is 1. The van der Waals surface area contributed by atoms with Crippen LogP contribution >= 0.6 is 0 Å². The molecule has 102 valence electrons. The van der Waals surface area contributed by atoms with Gasteiger partial charge in [-0.2, -0.15) is 0 Å². The van der Waals surface area contributed by atoms with Crippen molar-refractivity contribution < 1.29 is 4.92 Å². The number of fused-ring (bicyclic) bond motifs is 2. The number of aromatic nitrogens is 1. The highest BCUT2D eigenvalue weighted by atomic mass is 16.6. The molecular weight excluding hydrogens is 244 g/mol. The third-order valence-corrected chi connectivity index (χ3v) is 4.29. The first kappa shape index (κ1) is 12.3. The molecule has 1 N–H and O–H groups in total. The summed E-state index contributed by atoms with van der Waals surface area (Å²) in [7, 11) is 1.92. The molecule has 2 atom stereocenters. The molecule has 2 aliphatic heterocycles. The van der Waals surface area contributed by atoms with E-state index >= 15 is 0 Å². The first-order valence-corrected chi connectivity index (χ1v) is 6.73. The Morgan fingerprint density at radius 2 is 2.11 bits per heavy atom. The lowest BCUT2D eigenvalue weighted by Gasteiger charge is -2.35. The fourth-order valence-electron chi connectivity index (χ4n) is 3.32. The van der Waals surface area contributed by atoms with Crippen LogP contribution in [0.3, 0.4) is 0 Å². The summed E-state index contributed by atoms with van der Waals surface area (Å²) >= 11 is 0. The maximum absolute atomic E-state index is 11.1. The van der Waals surface area contributed by atoms with Crippen LogP contribution in [0.1, 0.15) is 25.7 Å². The molecule has 0 amide bonds. The predicted molar refractivity (Wildman–Crippen MR) is 72.3 cm³/mol. The summed E-state index contributed by atoms with van der Waals surface area (Å²) in [5.74, 6) is 0.485. The molecular formula is C13H18N4O2. The second-order valence-corrected chi connectivity index (χ2v) is 5.48. The van der Waals surface area contributed by atoms with Crippen molar-refractivity contribution in [2.45, 2.75) is 43.8 Å². The summed E-state index contributed by atoms with van der Waals surface area (Å²) in [4.78, 5) is 16.9. The minimum Gasteiger partial charge on any atom is -0.351 e. The number of pyridine rings is 1. The number of rotatable bonds is 3. The summed E-state index contributed by atoms with van der Waals surface area (Å²) < 4.78 is 0. The molecule has 1 aromatic rings. The van der Waals surface area contributed by atoms with Gasteiger partial charge < -0.3 is 10.2 Å². The van der Waals surface area contributed by atoms with Crippen LogP contribution in [0.25, 0.3) is 0 Å². The molecule has 3 rings (SSSR count). The predicted octanol–water partition coefficient (Wildman–Crippen LogP) is 1.71. The Hall–Kier alpha value is -1.69. The van der Waals surface area contributed by atoms with Crippen molar-refractivity contribution in [1.29, 1.82) is 0 Å². The number of hydrogen-bond acceptors (Lipinski definition) is 5. The van der Waals surface area contributed by atoms with Crippen LogP contribution in [-0.2, 0) is 0 Å². The van der Waals surface area contributed by atoms with Gasteiger partial charge in [-0.3, -0.25) is 10.1 Å². The molecule has 0 radical (unpaired) electrons. The highest BCUT2D eigenvalue weighted by Crippen LogP contribution is 2.33. The summed E-state index contributed by atoms with van der Waals surface area (Å²) in [5, 5.41) is 14.7. The molecule has 0 aliphatic carbocycles. The zero-order valence-corrected chi connectivity index (χ0v) is 11.0. The van der Waals surface area contributed by atoms with Crippen LogP contribution in [0.4, 0.5) is 11.5 Å². The Morgan fingerprint density at radius 1 is 1.42 bits per heavy atom. The van der Waals surface area contributed by atoms with E-state index < -0.39 is 0 Å². The number of nitrogens with zero attached hydrogens (tertiary/aromatic N) is 3. The Balaban J connectivity index is 1.84. The lowest BCUT2D eigenvalue weighted by Crippen LogP contribution is -2.47. The summed E-state index contributed by atoms with van der Waals surface area (Å²) in [5.41, 5.74) is 0.0934. The van der Waals surface area contributed by atoms with Gasteiger partial charge in [-0.25, -0.2) is 4.98 Å². The van der Waals surface area contributed by atoms with E-state index in [1.807, 2.05) is 11.9 Å². The lowest BCUT2D eigenvalue weighted by atomic mass is 9.98. The molecule has 2 unspecified atom stereocenters. The van der Waals surface area contributed by atoms with Gasteiger partial charge in [0.2, 0.25) is 5.82 Å². The lowest BCUT2D eigenvalue weighted by molar-refractivity contribution is -0.384. The fraction of sp³-hybridized carbons (Fsp3) is 0.615. The van der Waals surface area contributed by atoms with Gasteiger partial charge in [-0.05, 0) is 31.7 Å². The van der Waals surface area contributed by atoms with Gasteiger partial charge in [0.25, 0.3) is 0 Å².